The number of nitrogens with zero attached hydrogens (tertiary/aromatic N) is 1. The van der Waals surface area contributed by atoms with Crippen molar-refractivity contribution < 1.29 is 9.59 Å². The Hall–Kier alpha value is -1.10. The molecule has 0 aromatic rings. The Kier molecular flexibility index (Phi) is 6.99. The van der Waals surface area contributed by atoms with Crippen molar-refractivity contribution in [2.24, 2.45) is 11.8 Å². The van der Waals surface area contributed by atoms with Crippen LogP contribution in [-0.2, 0) is 9.59 Å². The minimum absolute atomic E-state index is 0.0278. The first-order valence-corrected chi connectivity index (χ1v) is 7.70. The van der Waals surface area contributed by atoms with E-state index in [1.54, 1.807) is 0 Å². The van der Waals surface area contributed by atoms with Crippen LogP contribution in [0, 0.1) is 11.8 Å². The number of hydrogen-bond donors (Lipinski definition) is 2. The molecule has 0 bridgehead atoms. The maximum absolute atomic E-state index is 12.6. The molecule has 1 unspecified atom stereocenters. The van der Waals surface area contributed by atoms with Crippen LogP contribution in [0.2, 0.25) is 0 Å². The molecule has 1 aliphatic heterocycles. The van der Waals surface area contributed by atoms with E-state index in [9.17, 15) is 9.59 Å². The second-order valence-electron chi connectivity index (χ2n) is 6.32. The Morgan fingerprint density at radius 3 is 2.45 bits per heavy atom. The molecule has 0 aromatic heterocycles. The van der Waals surface area contributed by atoms with Crippen molar-refractivity contribution >= 4 is 11.8 Å². The van der Waals surface area contributed by atoms with Crippen LogP contribution in [0.5, 0.6) is 0 Å². The molecule has 1 heterocycles. The average Bonchev–Trinajstić information content (AvgIpc) is 2.62. The molecule has 2 amide bonds. The lowest BCUT2D eigenvalue weighted by molar-refractivity contribution is -0.137. The molecule has 20 heavy (non-hydrogen) atoms. The predicted molar refractivity (Wildman–Crippen MR) is 80.3 cm³/mol. The van der Waals surface area contributed by atoms with Crippen molar-refractivity contribution in [3.05, 3.63) is 0 Å². The highest BCUT2D eigenvalue weighted by molar-refractivity contribution is 5.88. The van der Waals surface area contributed by atoms with Crippen molar-refractivity contribution in [1.29, 1.82) is 0 Å². The highest BCUT2D eigenvalue weighted by Crippen LogP contribution is 2.09. The number of carbonyl (C=O) groups excluding carboxylic acids is 2. The van der Waals surface area contributed by atoms with E-state index >= 15 is 0 Å². The van der Waals surface area contributed by atoms with E-state index < -0.39 is 6.04 Å². The summed E-state index contributed by atoms with van der Waals surface area (Å²) in [5, 5.41) is 6.20. The standard InChI is InChI=1S/C15H29N3O2/c1-11(2)10-13(19)17-14(12(3)4)15(20)18-8-5-6-16-7-9-18/h11-12,14,16H,5-10H2,1-4H3,(H,17,19). The van der Waals surface area contributed by atoms with Gasteiger partial charge in [-0.25, -0.2) is 0 Å². The summed E-state index contributed by atoms with van der Waals surface area (Å²) in [4.78, 5) is 26.4. The fourth-order valence-electron chi connectivity index (χ4n) is 2.38. The highest BCUT2D eigenvalue weighted by Gasteiger charge is 2.28. The maximum Gasteiger partial charge on any atom is 0.245 e. The van der Waals surface area contributed by atoms with E-state index in [-0.39, 0.29) is 17.7 Å². The zero-order valence-electron chi connectivity index (χ0n) is 13.2. The minimum Gasteiger partial charge on any atom is -0.344 e. The minimum atomic E-state index is -0.403. The second kappa shape index (κ2) is 8.25. The van der Waals surface area contributed by atoms with Gasteiger partial charge in [0, 0.05) is 26.1 Å². The molecule has 1 saturated heterocycles. The van der Waals surface area contributed by atoms with Gasteiger partial charge >= 0.3 is 0 Å². The van der Waals surface area contributed by atoms with Gasteiger partial charge in [0.25, 0.3) is 0 Å². The Morgan fingerprint density at radius 1 is 1.15 bits per heavy atom. The molecule has 5 heteroatoms. The number of amides is 2. The van der Waals surface area contributed by atoms with Crippen molar-refractivity contribution in [3.8, 4) is 0 Å². The summed E-state index contributed by atoms with van der Waals surface area (Å²) in [6.07, 6.45) is 1.44. The molecule has 0 radical (unpaired) electrons. The third-order valence-electron chi connectivity index (χ3n) is 3.49. The lowest BCUT2D eigenvalue weighted by atomic mass is 10.0. The van der Waals surface area contributed by atoms with E-state index in [1.807, 2.05) is 32.6 Å². The molecule has 1 fully saturated rings. The SMILES string of the molecule is CC(C)CC(=O)NC(C(=O)N1CCCNCC1)C(C)C. The number of hydrogen-bond acceptors (Lipinski definition) is 3. The third kappa shape index (κ3) is 5.49. The summed E-state index contributed by atoms with van der Waals surface area (Å²) in [6, 6.07) is -0.403. The van der Waals surface area contributed by atoms with Gasteiger partial charge < -0.3 is 15.5 Å². The van der Waals surface area contributed by atoms with Crippen LogP contribution in [0.3, 0.4) is 0 Å². The van der Waals surface area contributed by atoms with E-state index in [1.165, 1.54) is 0 Å². The second-order valence-corrected chi connectivity index (χ2v) is 6.32. The van der Waals surface area contributed by atoms with Crippen molar-refractivity contribution in [1.82, 2.24) is 15.5 Å². The summed E-state index contributed by atoms with van der Waals surface area (Å²) in [5.41, 5.74) is 0. The molecule has 116 valence electrons. The van der Waals surface area contributed by atoms with Crippen LogP contribution in [0.4, 0.5) is 0 Å². The normalized spacial score (nSPS) is 18.0. The van der Waals surface area contributed by atoms with E-state index in [4.69, 9.17) is 0 Å². The van der Waals surface area contributed by atoms with Crippen molar-refractivity contribution in [2.75, 3.05) is 26.2 Å². The molecule has 0 spiro atoms. The van der Waals surface area contributed by atoms with Crippen LogP contribution in [0.25, 0.3) is 0 Å². The maximum atomic E-state index is 12.6. The van der Waals surface area contributed by atoms with Crippen LogP contribution in [-0.4, -0.2) is 48.9 Å². The monoisotopic (exact) mass is 283 g/mol. The third-order valence-corrected chi connectivity index (χ3v) is 3.49. The van der Waals surface area contributed by atoms with Gasteiger partial charge in [-0.2, -0.15) is 0 Å². The van der Waals surface area contributed by atoms with Crippen molar-refractivity contribution in [3.63, 3.8) is 0 Å². The van der Waals surface area contributed by atoms with E-state index in [0.717, 1.165) is 32.6 Å². The predicted octanol–water partition coefficient (Wildman–Crippen LogP) is 0.995. The molecule has 0 saturated carbocycles. The fourth-order valence-corrected chi connectivity index (χ4v) is 2.38. The molecule has 1 aliphatic rings. The van der Waals surface area contributed by atoms with Gasteiger partial charge in [-0.05, 0) is 24.8 Å². The lowest BCUT2D eigenvalue weighted by Crippen LogP contribution is -2.52. The highest BCUT2D eigenvalue weighted by atomic mass is 16.2. The number of rotatable bonds is 5. The van der Waals surface area contributed by atoms with Gasteiger partial charge in [0.2, 0.25) is 11.8 Å². The lowest BCUT2D eigenvalue weighted by Gasteiger charge is -2.29. The zero-order chi connectivity index (χ0) is 15.1. The largest absolute Gasteiger partial charge is 0.344 e. The fraction of sp³-hybridized carbons (Fsp3) is 0.867. The van der Waals surface area contributed by atoms with Crippen molar-refractivity contribution in [2.45, 2.75) is 46.6 Å². The molecule has 1 atom stereocenters. The molecular formula is C15H29N3O2. The van der Waals surface area contributed by atoms with E-state index in [2.05, 4.69) is 10.6 Å². The quantitative estimate of drug-likeness (QED) is 0.791. The molecule has 0 aliphatic carbocycles. The number of carbonyl (C=O) groups is 2. The smallest absolute Gasteiger partial charge is 0.245 e. The van der Waals surface area contributed by atoms with Gasteiger partial charge in [-0.15, -0.1) is 0 Å². The zero-order valence-corrected chi connectivity index (χ0v) is 13.2. The van der Waals surface area contributed by atoms with Crippen LogP contribution in [0.1, 0.15) is 40.5 Å². The first-order valence-electron chi connectivity index (χ1n) is 7.70. The Balaban J connectivity index is 2.64. The molecule has 5 nitrogen and oxygen atoms in total. The topological polar surface area (TPSA) is 61.4 Å². The van der Waals surface area contributed by atoms with Gasteiger partial charge in [0.05, 0.1) is 0 Å². The average molecular weight is 283 g/mol. The first kappa shape index (κ1) is 17.0. The molecule has 0 aromatic carbocycles. The van der Waals surface area contributed by atoms with E-state index in [0.29, 0.717) is 12.3 Å². The van der Waals surface area contributed by atoms with Gasteiger partial charge in [0.15, 0.2) is 0 Å². The summed E-state index contributed by atoms with van der Waals surface area (Å²) in [7, 11) is 0. The van der Waals surface area contributed by atoms with Crippen LogP contribution < -0.4 is 10.6 Å². The Labute approximate surface area is 122 Å². The summed E-state index contributed by atoms with van der Waals surface area (Å²) < 4.78 is 0. The summed E-state index contributed by atoms with van der Waals surface area (Å²) in [6.45, 7) is 11.3. The summed E-state index contributed by atoms with van der Waals surface area (Å²) >= 11 is 0. The Morgan fingerprint density at radius 2 is 1.85 bits per heavy atom. The summed E-state index contributed by atoms with van der Waals surface area (Å²) in [5.74, 6) is 0.441. The van der Waals surface area contributed by atoms with Gasteiger partial charge in [-0.1, -0.05) is 27.7 Å². The molecule has 1 rings (SSSR count). The van der Waals surface area contributed by atoms with Crippen LogP contribution >= 0.6 is 0 Å². The van der Waals surface area contributed by atoms with Gasteiger partial charge in [0.1, 0.15) is 6.04 Å². The number of nitrogens with one attached hydrogen (secondary N) is 2. The Bertz CT molecular complexity index is 321. The molecule has 2 N–H and O–H groups in total. The van der Waals surface area contributed by atoms with Gasteiger partial charge in [-0.3, -0.25) is 9.59 Å². The molecular weight excluding hydrogens is 254 g/mol. The first-order chi connectivity index (χ1) is 9.41. The van der Waals surface area contributed by atoms with Crippen LogP contribution in [0.15, 0.2) is 0 Å².